The van der Waals surface area contributed by atoms with Crippen LogP contribution in [0.2, 0.25) is 0 Å². The molecule has 2 aliphatic heterocycles. The highest BCUT2D eigenvalue weighted by Crippen LogP contribution is 2.27. The van der Waals surface area contributed by atoms with Gasteiger partial charge in [0.2, 0.25) is 5.91 Å². The molecule has 1 N–H and O–H groups in total. The van der Waals surface area contributed by atoms with Crippen LogP contribution in [-0.4, -0.2) is 59.0 Å². The number of carbonyl (C=O) groups is 1. The molecule has 2 aromatic rings. The minimum absolute atomic E-state index is 0.179. The van der Waals surface area contributed by atoms with E-state index in [1.54, 1.807) is 0 Å². The van der Waals surface area contributed by atoms with Crippen molar-refractivity contribution >= 4 is 22.8 Å². The van der Waals surface area contributed by atoms with Crippen LogP contribution in [0.1, 0.15) is 38.5 Å². The molecule has 1 aromatic carbocycles. The van der Waals surface area contributed by atoms with E-state index >= 15 is 0 Å². The van der Waals surface area contributed by atoms with Crippen LogP contribution in [0.4, 0.5) is 5.82 Å². The number of benzene rings is 1. The maximum absolute atomic E-state index is 12.5. The summed E-state index contributed by atoms with van der Waals surface area (Å²) in [6.45, 7) is 4.08. The summed E-state index contributed by atoms with van der Waals surface area (Å²) in [4.78, 5) is 26.8. The van der Waals surface area contributed by atoms with E-state index in [1.807, 2.05) is 30.5 Å². The topological polar surface area (TPSA) is 61.4 Å². The number of nitrogens with one attached hydrogen (secondary N) is 1. The first kappa shape index (κ1) is 17.9. The van der Waals surface area contributed by atoms with Crippen molar-refractivity contribution in [1.82, 2.24) is 20.2 Å². The molecule has 1 amide bonds. The fourth-order valence-electron chi connectivity index (χ4n) is 4.66. The van der Waals surface area contributed by atoms with Gasteiger partial charge in [-0.15, -0.1) is 0 Å². The number of amides is 1. The molecule has 0 radical (unpaired) electrons. The molecule has 0 spiro atoms. The number of para-hydroxylation sites is 2. The number of aromatic nitrogens is 2. The Morgan fingerprint density at radius 2 is 1.79 bits per heavy atom. The van der Waals surface area contributed by atoms with Gasteiger partial charge < -0.3 is 10.2 Å². The van der Waals surface area contributed by atoms with Crippen LogP contribution >= 0.6 is 0 Å². The molecule has 0 unspecified atom stereocenters. The lowest BCUT2D eigenvalue weighted by Crippen LogP contribution is -2.51. The van der Waals surface area contributed by atoms with Gasteiger partial charge in [-0.05, 0) is 57.2 Å². The lowest BCUT2D eigenvalue weighted by molar-refractivity contribution is -0.127. The maximum atomic E-state index is 12.5. The fraction of sp³-hybridized carbons (Fsp3) is 0.591. The van der Waals surface area contributed by atoms with E-state index in [1.165, 1.54) is 0 Å². The average molecular weight is 380 g/mol. The summed E-state index contributed by atoms with van der Waals surface area (Å²) in [5, 5.41) is 3.20. The van der Waals surface area contributed by atoms with Crippen molar-refractivity contribution in [2.75, 3.05) is 31.1 Å². The molecule has 3 fully saturated rings. The smallest absolute Gasteiger partial charge is 0.224 e. The number of carbonyl (C=O) groups excluding carboxylic acids is 1. The maximum Gasteiger partial charge on any atom is 0.224 e. The van der Waals surface area contributed by atoms with E-state index < -0.39 is 0 Å². The van der Waals surface area contributed by atoms with E-state index in [9.17, 15) is 4.79 Å². The van der Waals surface area contributed by atoms with Crippen molar-refractivity contribution in [3.63, 3.8) is 0 Å². The van der Waals surface area contributed by atoms with Gasteiger partial charge in [-0.3, -0.25) is 14.7 Å². The third-order valence-electron chi connectivity index (χ3n) is 6.49. The van der Waals surface area contributed by atoms with Crippen molar-refractivity contribution in [2.24, 2.45) is 5.92 Å². The summed E-state index contributed by atoms with van der Waals surface area (Å²) in [6, 6.07) is 9.09. The summed E-state index contributed by atoms with van der Waals surface area (Å²) in [7, 11) is 0. The van der Waals surface area contributed by atoms with Crippen LogP contribution in [0, 0.1) is 5.92 Å². The average Bonchev–Trinajstić information content (AvgIpc) is 3.57. The van der Waals surface area contributed by atoms with Gasteiger partial charge in [-0.1, -0.05) is 12.1 Å². The van der Waals surface area contributed by atoms with Crippen molar-refractivity contribution in [2.45, 2.75) is 50.6 Å². The first-order chi connectivity index (χ1) is 13.8. The zero-order valence-corrected chi connectivity index (χ0v) is 16.4. The van der Waals surface area contributed by atoms with Crippen molar-refractivity contribution in [3.8, 4) is 0 Å². The summed E-state index contributed by atoms with van der Waals surface area (Å²) in [5.41, 5.74) is 1.91. The van der Waals surface area contributed by atoms with Gasteiger partial charge in [0.1, 0.15) is 5.82 Å². The van der Waals surface area contributed by atoms with E-state index in [2.05, 4.69) is 20.1 Å². The predicted molar refractivity (Wildman–Crippen MR) is 110 cm³/mol. The standard InChI is InChI=1S/C22H29N5O/c28-22(24-17-7-8-17)16-4-3-11-27(15-16)18-9-12-26(13-10-18)21-14-23-19-5-1-2-6-20(19)25-21/h1-2,5-6,14,16-18H,3-4,7-13,15H2,(H,24,28)/t16-/m1/s1. The number of likely N-dealkylation sites (tertiary alicyclic amines) is 1. The van der Waals surface area contributed by atoms with Gasteiger partial charge in [0.25, 0.3) is 0 Å². The van der Waals surface area contributed by atoms with Crippen molar-refractivity contribution in [3.05, 3.63) is 30.5 Å². The highest BCUT2D eigenvalue weighted by Gasteiger charge is 2.33. The van der Waals surface area contributed by atoms with Crippen LogP contribution in [0.15, 0.2) is 30.5 Å². The lowest BCUT2D eigenvalue weighted by Gasteiger charge is -2.42. The molecule has 0 bridgehead atoms. The Hall–Kier alpha value is -2.21. The normalized spacial score (nSPS) is 24.4. The zero-order chi connectivity index (χ0) is 18.9. The molecule has 1 aliphatic carbocycles. The van der Waals surface area contributed by atoms with Crippen LogP contribution in [0.25, 0.3) is 11.0 Å². The molecule has 5 rings (SSSR count). The number of hydrogen-bond donors (Lipinski definition) is 1. The number of piperidine rings is 2. The molecule has 3 aliphatic rings. The summed E-state index contributed by atoms with van der Waals surface area (Å²) in [6.07, 6.45) is 8.68. The lowest BCUT2D eigenvalue weighted by atomic mass is 9.93. The Kier molecular flexibility index (Phi) is 4.89. The Balaban J connectivity index is 1.18. The second kappa shape index (κ2) is 7.66. The Morgan fingerprint density at radius 1 is 1.00 bits per heavy atom. The van der Waals surface area contributed by atoms with Crippen LogP contribution in [-0.2, 0) is 4.79 Å². The molecule has 148 valence electrons. The van der Waals surface area contributed by atoms with Gasteiger partial charge in [-0.25, -0.2) is 4.98 Å². The third-order valence-corrected chi connectivity index (χ3v) is 6.49. The molecular weight excluding hydrogens is 350 g/mol. The summed E-state index contributed by atoms with van der Waals surface area (Å²) < 4.78 is 0. The molecule has 1 aromatic heterocycles. The SMILES string of the molecule is O=C(NC1CC1)[C@@H]1CCCN(C2CCN(c3cnc4ccccc4n3)CC2)C1. The first-order valence-corrected chi connectivity index (χ1v) is 10.8. The quantitative estimate of drug-likeness (QED) is 0.885. The number of rotatable bonds is 4. The summed E-state index contributed by atoms with van der Waals surface area (Å²) >= 11 is 0. The minimum atomic E-state index is 0.179. The van der Waals surface area contributed by atoms with Gasteiger partial charge >= 0.3 is 0 Å². The first-order valence-electron chi connectivity index (χ1n) is 10.8. The third kappa shape index (κ3) is 3.83. The van der Waals surface area contributed by atoms with Gasteiger partial charge in [0.15, 0.2) is 0 Å². The molecule has 1 saturated carbocycles. The highest BCUT2D eigenvalue weighted by molar-refractivity contribution is 5.79. The second-order valence-electron chi connectivity index (χ2n) is 8.55. The number of anilines is 1. The molecule has 6 heteroatoms. The van der Waals surface area contributed by atoms with Gasteiger partial charge in [0, 0.05) is 31.7 Å². The molecular formula is C22H29N5O. The monoisotopic (exact) mass is 379 g/mol. The van der Waals surface area contributed by atoms with Crippen LogP contribution in [0.5, 0.6) is 0 Å². The number of hydrogen-bond acceptors (Lipinski definition) is 5. The van der Waals surface area contributed by atoms with E-state index in [-0.39, 0.29) is 11.8 Å². The van der Waals surface area contributed by atoms with Crippen molar-refractivity contribution in [1.29, 1.82) is 0 Å². The van der Waals surface area contributed by atoms with Crippen molar-refractivity contribution < 1.29 is 4.79 Å². The van der Waals surface area contributed by atoms with E-state index in [4.69, 9.17) is 4.98 Å². The van der Waals surface area contributed by atoms with E-state index in [0.717, 1.165) is 81.6 Å². The zero-order valence-electron chi connectivity index (χ0n) is 16.4. The second-order valence-corrected chi connectivity index (χ2v) is 8.55. The molecule has 2 saturated heterocycles. The molecule has 6 nitrogen and oxygen atoms in total. The number of fused-ring (bicyclic) bond motifs is 1. The Bertz CT molecular complexity index is 844. The Labute approximate surface area is 166 Å². The van der Waals surface area contributed by atoms with Gasteiger partial charge in [0.05, 0.1) is 23.1 Å². The minimum Gasteiger partial charge on any atom is -0.355 e. The Morgan fingerprint density at radius 3 is 2.57 bits per heavy atom. The van der Waals surface area contributed by atoms with E-state index in [0.29, 0.717) is 12.1 Å². The largest absolute Gasteiger partial charge is 0.355 e. The van der Waals surface area contributed by atoms with Crippen LogP contribution < -0.4 is 10.2 Å². The predicted octanol–water partition coefficient (Wildman–Crippen LogP) is 2.59. The highest BCUT2D eigenvalue weighted by atomic mass is 16.2. The van der Waals surface area contributed by atoms with Gasteiger partial charge in [-0.2, -0.15) is 0 Å². The summed E-state index contributed by atoms with van der Waals surface area (Å²) in [5.74, 6) is 1.45. The van der Waals surface area contributed by atoms with Crippen LogP contribution in [0.3, 0.4) is 0 Å². The molecule has 28 heavy (non-hydrogen) atoms. The fourth-order valence-corrected chi connectivity index (χ4v) is 4.66. The number of nitrogens with zero attached hydrogens (tertiary/aromatic N) is 4. The molecule has 3 heterocycles. The molecule has 1 atom stereocenters.